The van der Waals surface area contributed by atoms with Gasteiger partial charge in [0.15, 0.2) is 6.29 Å². The number of ketones is 6. The highest BCUT2D eigenvalue weighted by Crippen LogP contribution is 2.38. The lowest BCUT2D eigenvalue weighted by atomic mass is 9.73. The third kappa shape index (κ3) is 47.9. The molecule has 2 saturated heterocycles. The number of methoxy groups -OCH3 is 2. The third-order valence-electron chi connectivity index (χ3n) is 16.8. The predicted molar refractivity (Wildman–Crippen MR) is 395 cm³/mol. The number of carbonyl (C=O) groups is 13. The molecule has 0 bridgehead atoms. The standard InChI is InChI=1S/C25H42O13.C16H30N6O5.C12H20N4O3.C10H16N4O5.C6H11NO2/c1-9(2)24-22(33)20(31)19(30)17(36-24)8-35-14-5-12(10(3)27)13(11(4)28)6-15(14)37-25-23(34)21(32)18(29)16(7-26)38-25;1-26-10-8-18-14(23)12-22(13-15(24)19-9-11-27-2)16(25)6-4-3-5-7-20-21-17;1-10(17)8-16(9-11(2)18)12(19)6-4-3-5-7-14-15-13;11-13-12-5-3-1-2-4-8(15)14(6-9(16)17)7-10(18)19;1-5(8)3-7-4-6(2)9/h9,12-26,29-34H,5-8H2,1-4H3;3-13H2,1-2H3,(H,18,23)(H,19,24);3-9H2,1-2H3;1-7H2,(H,16,17)(H,18,19);7H,3-4H2,1-2H3. The second kappa shape index (κ2) is 62.2. The number of nitrogens with one attached hydrogen (secondary N) is 3. The Kier molecular flexibility index (Phi) is 58.7. The van der Waals surface area contributed by atoms with Crippen LogP contribution >= 0.6 is 0 Å². The van der Waals surface area contributed by atoms with E-state index in [1.807, 2.05) is 0 Å². The van der Waals surface area contributed by atoms with Crippen molar-refractivity contribution < 1.29 is 137 Å². The van der Waals surface area contributed by atoms with Crippen molar-refractivity contribution in [1.29, 1.82) is 0 Å². The maximum absolute atomic E-state index is 12.4. The number of nitrogens with zero attached hydrogens (tertiary/aromatic N) is 12. The topological polar surface area (TPSA) is 651 Å². The van der Waals surface area contributed by atoms with E-state index in [1.165, 1.54) is 65.6 Å². The van der Waals surface area contributed by atoms with Crippen molar-refractivity contribution >= 4 is 76.2 Å². The summed E-state index contributed by atoms with van der Waals surface area (Å²) in [6, 6.07) is 0. The number of hydrogen-bond donors (Lipinski definition) is 12. The summed E-state index contributed by atoms with van der Waals surface area (Å²) in [4.78, 5) is 159. The van der Waals surface area contributed by atoms with E-state index in [0.717, 1.165) is 24.2 Å². The Bertz CT molecular complexity index is 2900. The summed E-state index contributed by atoms with van der Waals surface area (Å²) in [6.07, 6.45) is -8.79. The van der Waals surface area contributed by atoms with Gasteiger partial charge in [-0.25, -0.2) is 0 Å². The zero-order valence-corrected chi connectivity index (χ0v) is 65.7. The van der Waals surface area contributed by atoms with Gasteiger partial charge in [0.25, 0.3) is 0 Å². The summed E-state index contributed by atoms with van der Waals surface area (Å²) in [5, 5.41) is 106. The number of carboxylic acid groups (broad SMARTS) is 2. The minimum absolute atomic E-state index is 0.0167. The number of rotatable bonds is 49. The van der Waals surface area contributed by atoms with E-state index in [0.29, 0.717) is 104 Å². The highest BCUT2D eigenvalue weighted by molar-refractivity contribution is 5.91. The second-order valence-electron chi connectivity index (χ2n) is 26.9. The molecule has 0 aromatic heterocycles. The summed E-state index contributed by atoms with van der Waals surface area (Å²) in [7, 11) is 3.04. The molecule has 43 nitrogen and oxygen atoms in total. The fourth-order valence-electron chi connectivity index (χ4n) is 11.1. The molecule has 0 aromatic carbocycles. The number of aliphatic carboxylic acids is 2. The molecule has 1 saturated carbocycles. The van der Waals surface area contributed by atoms with Crippen molar-refractivity contribution in [2.75, 3.05) is 126 Å². The monoisotopic (exact) mass is 1610 g/mol. The van der Waals surface area contributed by atoms with E-state index < -0.39 is 123 Å². The van der Waals surface area contributed by atoms with Crippen LogP contribution in [-0.4, -0.2) is 336 Å². The first kappa shape index (κ1) is 106. The van der Waals surface area contributed by atoms with Crippen LogP contribution in [0, 0.1) is 17.8 Å². The number of azide groups is 3. The summed E-state index contributed by atoms with van der Waals surface area (Å²) in [5.41, 5.74) is 24.3. The van der Waals surface area contributed by atoms with E-state index >= 15 is 0 Å². The van der Waals surface area contributed by atoms with Gasteiger partial charge < -0.3 is 105 Å². The van der Waals surface area contributed by atoms with Crippen molar-refractivity contribution in [3.8, 4) is 0 Å². The second-order valence-corrected chi connectivity index (χ2v) is 26.9. The van der Waals surface area contributed by atoms with Crippen LogP contribution in [0.5, 0.6) is 0 Å². The van der Waals surface area contributed by atoms with Crippen LogP contribution in [-0.2, 0) is 90.8 Å². The van der Waals surface area contributed by atoms with Crippen LogP contribution in [0.3, 0.4) is 0 Å². The molecular formula is C69H119N15O28. The molecule has 2 aliphatic heterocycles. The lowest BCUT2D eigenvalue weighted by Gasteiger charge is -2.46. The molecule has 112 heavy (non-hydrogen) atoms. The first-order chi connectivity index (χ1) is 52.9. The maximum Gasteiger partial charge on any atom is 0.323 e. The van der Waals surface area contributed by atoms with Gasteiger partial charge in [-0.05, 0) is 115 Å². The molecule has 0 radical (unpaired) electrons. The molecular weight excluding hydrogens is 1490 g/mol. The summed E-state index contributed by atoms with van der Waals surface area (Å²) in [5.74, 6) is -6.38. The number of amides is 5. The molecule has 0 spiro atoms. The van der Waals surface area contributed by atoms with Crippen molar-refractivity contribution in [1.82, 2.24) is 30.7 Å². The lowest BCUT2D eigenvalue weighted by Crippen LogP contribution is -2.61. The molecule has 12 N–H and O–H groups in total. The van der Waals surface area contributed by atoms with Crippen molar-refractivity contribution in [3.63, 3.8) is 0 Å². The molecule has 638 valence electrons. The number of ether oxygens (including phenoxy) is 6. The van der Waals surface area contributed by atoms with Crippen molar-refractivity contribution in [3.05, 3.63) is 31.3 Å². The van der Waals surface area contributed by atoms with Gasteiger partial charge >= 0.3 is 11.9 Å². The minimum Gasteiger partial charge on any atom is -0.480 e. The number of aliphatic hydroxyl groups is 7. The number of aliphatic hydroxyl groups excluding tert-OH is 7. The lowest BCUT2D eigenvalue weighted by molar-refractivity contribution is -0.323. The highest BCUT2D eigenvalue weighted by atomic mass is 16.7. The SMILES string of the molecule is CC(=O)C1CC(OCC2OC(C(C)C)C(O)C(O)C2O)C(OC2OC(CO)C(O)C(O)C2O)CC1C(C)=O.CC(=O)CN(CC(C)=O)C(=O)CCCCCN=[N+]=[N-].CC(=O)CNCC(C)=O.COCCNC(=O)CN(CC(=O)NCCOC)C(=O)CCCCCN=[N+]=[N-].[N-]=[N+]=NCCCCCC(=O)N(CC(=O)O)CC(=O)O. The molecule has 1 aliphatic carbocycles. The zero-order valence-electron chi connectivity index (χ0n) is 65.7. The van der Waals surface area contributed by atoms with Crippen LogP contribution in [0.4, 0.5) is 0 Å². The molecule has 3 aliphatic rings. The first-order valence-electron chi connectivity index (χ1n) is 36.7. The summed E-state index contributed by atoms with van der Waals surface area (Å²) < 4.78 is 33.0. The first-order valence-corrected chi connectivity index (χ1v) is 36.7. The van der Waals surface area contributed by atoms with Gasteiger partial charge in [-0.15, -0.1) is 0 Å². The normalized spacial score (nSPS) is 22.1. The average Bonchev–Trinajstić information content (AvgIpc) is 0.792. The Morgan fingerprint density at radius 1 is 0.482 bits per heavy atom. The fourth-order valence-corrected chi connectivity index (χ4v) is 11.1. The maximum atomic E-state index is 12.4. The quantitative estimate of drug-likeness (QED) is 0.0164. The summed E-state index contributed by atoms with van der Waals surface area (Å²) in [6.45, 7) is 12.6. The van der Waals surface area contributed by atoms with Crippen LogP contribution in [0.1, 0.15) is 145 Å². The number of hydrogen-bond acceptors (Lipinski definition) is 30. The Hall–Kier alpha value is -8.32. The van der Waals surface area contributed by atoms with Crippen LogP contribution in [0.15, 0.2) is 15.3 Å². The van der Waals surface area contributed by atoms with Gasteiger partial charge in [0.1, 0.15) is 110 Å². The Morgan fingerprint density at radius 3 is 1.21 bits per heavy atom. The molecule has 14 atom stereocenters. The average molecular weight is 1610 g/mol. The Labute approximate surface area is 650 Å². The number of Topliss-reactive ketones (excluding diaryl/α,β-unsaturated/α-hetero) is 6. The van der Waals surface area contributed by atoms with Gasteiger partial charge in [0, 0.05) is 92.8 Å². The van der Waals surface area contributed by atoms with E-state index in [-0.39, 0.29) is 123 Å². The van der Waals surface area contributed by atoms with Crippen LogP contribution in [0.2, 0.25) is 0 Å². The van der Waals surface area contributed by atoms with Crippen LogP contribution in [0.25, 0.3) is 31.3 Å². The molecule has 14 unspecified atom stereocenters. The minimum atomic E-state index is -1.68. The van der Waals surface area contributed by atoms with E-state index in [4.69, 9.17) is 55.2 Å². The molecule has 2 heterocycles. The van der Waals surface area contributed by atoms with E-state index in [1.54, 1.807) is 13.8 Å². The van der Waals surface area contributed by atoms with E-state index in [2.05, 4.69) is 46.0 Å². The largest absolute Gasteiger partial charge is 0.480 e. The zero-order chi connectivity index (χ0) is 85.4. The van der Waals surface area contributed by atoms with Gasteiger partial charge in [0.05, 0.1) is 70.9 Å². The third-order valence-corrected chi connectivity index (χ3v) is 16.8. The van der Waals surface area contributed by atoms with E-state index in [9.17, 15) is 98.1 Å². The smallest absolute Gasteiger partial charge is 0.323 e. The fraction of sp³-hybridized carbons (Fsp3) is 0.812. The van der Waals surface area contributed by atoms with Crippen molar-refractivity contribution in [2.45, 2.75) is 219 Å². The molecule has 3 fully saturated rings. The Balaban J connectivity index is 0. The predicted octanol–water partition coefficient (Wildman–Crippen LogP) is -0.0495. The highest BCUT2D eigenvalue weighted by Gasteiger charge is 2.50. The number of carbonyl (C=O) groups excluding carboxylic acids is 11. The molecule has 43 heteroatoms. The van der Waals surface area contributed by atoms with Gasteiger partial charge in [-0.3, -0.25) is 62.3 Å². The van der Waals surface area contributed by atoms with Gasteiger partial charge in [-0.1, -0.05) is 48.5 Å². The van der Waals surface area contributed by atoms with Crippen LogP contribution < -0.4 is 16.0 Å². The Morgan fingerprint density at radius 2 is 0.857 bits per heavy atom. The van der Waals surface area contributed by atoms with Gasteiger partial charge in [-0.2, -0.15) is 0 Å². The molecule has 0 aromatic rings. The molecule has 5 amide bonds. The van der Waals surface area contributed by atoms with Crippen molar-refractivity contribution in [2.24, 2.45) is 33.1 Å². The number of unbranched alkanes of at least 4 members (excludes halogenated alkanes) is 6. The molecule has 3 rings (SSSR count). The number of carboxylic acids is 2. The summed E-state index contributed by atoms with van der Waals surface area (Å²) >= 11 is 0. The van der Waals surface area contributed by atoms with Gasteiger partial charge in [0.2, 0.25) is 29.5 Å².